The topological polar surface area (TPSA) is 86.2 Å². The summed E-state index contributed by atoms with van der Waals surface area (Å²) in [4.78, 5) is 24.0. The summed E-state index contributed by atoms with van der Waals surface area (Å²) in [5.74, 6) is -0.773. The molecule has 4 nitrogen and oxygen atoms in total. The van der Waals surface area contributed by atoms with Gasteiger partial charge in [0.15, 0.2) is 0 Å². The van der Waals surface area contributed by atoms with Crippen molar-refractivity contribution in [2.75, 3.05) is 0 Å². The Morgan fingerprint density at radius 3 is 1.20 bits per heavy atom. The summed E-state index contributed by atoms with van der Waals surface area (Å²) in [6.45, 7) is 0. The van der Waals surface area contributed by atoms with E-state index >= 15 is 0 Å². The van der Waals surface area contributed by atoms with Crippen LogP contribution in [-0.2, 0) is 9.59 Å². The zero-order valence-corrected chi connectivity index (χ0v) is 12.4. The predicted octanol–water partition coefficient (Wildman–Crippen LogP) is 2.35. The van der Waals surface area contributed by atoms with Crippen LogP contribution < -0.4 is 11.5 Å². The predicted molar refractivity (Wildman–Crippen MR) is 78.5 cm³/mol. The molecule has 2 aliphatic carbocycles. The molecule has 2 unspecified atom stereocenters. The Balaban J connectivity index is 2.17. The molecule has 20 heavy (non-hydrogen) atoms. The number of amides is 2. The Hall–Kier alpha value is -1.06. The molecule has 2 rings (SSSR count). The summed E-state index contributed by atoms with van der Waals surface area (Å²) in [5, 5.41) is 0. The lowest BCUT2D eigenvalue weighted by molar-refractivity contribution is -0.136. The minimum Gasteiger partial charge on any atom is -0.369 e. The van der Waals surface area contributed by atoms with E-state index in [-0.39, 0.29) is 35.5 Å². The molecule has 0 saturated heterocycles. The lowest BCUT2D eigenvalue weighted by Crippen LogP contribution is -2.46. The number of nitrogens with two attached hydrogens (primary N) is 2. The van der Waals surface area contributed by atoms with Crippen LogP contribution in [0.1, 0.15) is 64.2 Å². The highest BCUT2D eigenvalue weighted by atomic mass is 16.2. The minimum atomic E-state index is -0.337. The maximum atomic E-state index is 12.0. The van der Waals surface area contributed by atoms with Gasteiger partial charge in [0, 0.05) is 0 Å². The fourth-order valence-electron chi connectivity index (χ4n) is 4.39. The van der Waals surface area contributed by atoms with Crippen molar-refractivity contribution in [3.63, 3.8) is 0 Å². The second-order valence-electron chi connectivity index (χ2n) is 6.65. The van der Waals surface area contributed by atoms with Crippen LogP contribution in [-0.4, -0.2) is 11.8 Å². The molecule has 0 aliphatic heterocycles. The van der Waals surface area contributed by atoms with Gasteiger partial charge in [-0.1, -0.05) is 38.5 Å². The van der Waals surface area contributed by atoms with Crippen LogP contribution in [0.3, 0.4) is 0 Å². The number of carbonyl (C=O) groups is 2. The van der Waals surface area contributed by atoms with E-state index in [1.807, 2.05) is 0 Å². The van der Waals surface area contributed by atoms with Gasteiger partial charge in [-0.3, -0.25) is 9.59 Å². The van der Waals surface area contributed by atoms with Crippen molar-refractivity contribution in [3.8, 4) is 0 Å². The molecule has 0 heterocycles. The Bertz CT molecular complexity index is 310. The highest BCUT2D eigenvalue weighted by Gasteiger charge is 2.42. The van der Waals surface area contributed by atoms with Gasteiger partial charge >= 0.3 is 0 Å². The molecule has 0 aromatic carbocycles. The molecule has 2 fully saturated rings. The Morgan fingerprint density at radius 2 is 0.950 bits per heavy atom. The first-order valence-electron chi connectivity index (χ1n) is 8.20. The Morgan fingerprint density at radius 1 is 0.650 bits per heavy atom. The molecule has 2 amide bonds. The average molecular weight is 280 g/mol. The first-order valence-corrected chi connectivity index (χ1v) is 8.20. The van der Waals surface area contributed by atoms with E-state index < -0.39 is 0 Å². The van der Waals surface area contributed by atoms with E-state index in [2.05, 4.69) is 0 Å². The van der Waals surface area contributed by atoms with Crippen molar-refractivity contribution in [1.29, 1.82) is 0 Å². The van der Waals surface area contributed by atoms with Gasteiger partial charge in [-0.25, -0.2) is 0 Å². The van der Waals surface area contributed by atoms with Crippen LogP contribution >= 0.6 is 0 Å². The highest BCUT2D eigenvalue weighted by molar-refractivity contribution is 5.86. The molecule has 4 N–H and O–H groups in total. The molecule has 0 bridgehead atoms. The molecule has 0 aromatic heterocycles. The third kappa shape index (κ3) is 3.53. The monoisotopic (exact) mass is 280 g/mol. The second kappa shape index (κ2) is 7.09. The first kappa shape index (κ1) is 15.3. The van der Waals surface area contributed by atoms with E-state index in [0.29, 0.717) is 0 Å². The Labute approximate surface area is 121 Å². The molecule has 0 aromatic rings. The van der Waals surface area contributed by atoms with Crippen molar-refractivity contribution in [2.24, 2.45) is 35.1 Å². The van der Waals surface area contributed by atoms with E-state index in [0.717, 1.165) is 51.4 Å². The van der Waals surface area contributed by atoms with Crippen LogP contribution in [0, 0.1) is 23.7 Å². The smallest absolute Gasteiger partial charge is 0.221 e. The van der Waals surface area contributed by atoms with E-state index in [9.17, 15) is 9.59 Å². The molecule has 2 aliphatic rings. The average Bonchev–Trinajstić information content (AvgIpc) is 2.45. The van der Waals surface area contributed by atoms with Gasteiger partial charge < -0.3 is 11.5 Å². The maximum Gasteiger partial charge on any atom is 0.221 e. The number of carbonyl (C=O) groups excluding carboxylic acids is 2. The number of hydrogen-bond acceptors (Lipinski definition) is 2. The normalized spacial score (nSPS) is 25.0. The van der Waals surface area contributed by atoms with Crippen molar-refractivity contribution in [2.45, 2.75) is 64.2 Å². The highest BCUT2D eigenvalue weighted by Crippen LogP contribution is 2.40. The van der Waals surface area contributed by atoms with Crippen molar-refractivity contribution in [1.82, 2.24) is 0 Å². The second-order valence-corrected chi connectivity index (χ2v) is 6.65. The maximum absolute atomic E-state index is 12.0. The van der Waals surface area contributed by atoms with Gasteiger partial charge in [0.1, 0.15) is 0 Å². The van der Waals surface area contributed by atoms with E-state index in [4.69, 9.17) is 11.5 Å². The summed E-state index contributed by atoms with van der Waals surface area (Å²) in [6.07, 6.45) is 11.1. The van der Waals surface area contributed by atoms with Gasteiger partial charge in [0.2, 0.25) is 11.8 Å². The molecular formula is C16H28N2O2. The number of primary amides is 2. The summed E-state index contributed by atoms with van der Waals surface area (Å²) < 4.78 is 0. The zero-order chi connectivity index (χ0) is 14.5. The molecular weight excluding hydrogens is 252 g/mol. The van der Waals surface area contributed by atoms with Crippen LogP contribution in [0.2, 0.25) is 0 Å². The quantitative estimate of drug-likeness (QED) is 0.810. The zero-order valence-electron chi connectivity index (χ0n) is 12.4. The first-order chi connectivity index (χ1) is 9.61. The lowest BCUT2D eigenvalue weighted by atomic mass is 9.66. The van der Waals surface area contributed by atoms with Crippen LogP contribution in [0.15, 0.2) is 0 Å². The number of hydrogen-bond donors (Lipinski definition) is 2. The van der Waals surface area contributed by atoms with Crippen LogP contribution in [0.25, 0.3) is 0 Å². The third-order valence-electron chi connectivity index (χ3n) is 5.36. The molecule has 114 valence electrons. The van der Waals surface area contributed by atoms with Gasteiger partial charge in [-0.2, -0.15) is 0 Å². The summed E-state index contributed by atoms with van der Waals surface area (Å²) >= 11 is 0. The molecule has 0 spiro atoms. The van der Waals surface area contributed by atoms with Crippen molar-refractivity contribution < 1.29 is 9.59 Å². The van der Waals surface area contributed by atoms with Gasteiger partial charge in [0.05, 0.1) is 11.8 Å². The minimum absolute atomic E-state index is 0.265. The summed E-state index contributed by atoms with van der Waals surface area (Å²) in [7, 11) is 0. The van der Waals surface area contributed by atoms with E-state index in [1.54, 1.807) is 0 Å². The molecule has 2 atom stereocenters. The van der Waals surface area contributed by atoms with Crippen LogP contribution in [0.5, 0.6) is 0 Å². The third-order valence-corrected chi connectivity index (χ3v) is 5.36. The molecule has 0 radical (unpaired) electrons. The summed E-state index contributed by atoms with van der Waals surface area (Å²) in [5.41, 5.74) is 11.3. The standard InChI is InChI=1S/C16H28N2O2/c17-15(19)13(11-7-3-1-4-8-11)14(16(18)20)12-9-5-2-6-10-12/h11-14H,1-10H2,(H2,17,19)(H2,18,20). The fourth-order valence-corrected chi connectivity index (χ4v) is 4.39. The van der Waals surface area contributed by atoms with Gasteiger partial charge in [-0.05, 0) is 37.5 Å². The van der Waals surface area contributed by atoms with Gasteiger partial charge in [0.25, 0.3) is 0 Å². The SMILES string of the molecule is NC(=O)C(C1CCCCC1)C(C(N)=O)C1CCCCC1. The molecule has 4 heteroatoms. The largest absolute Gasteiger partial charge is 0.369 e. The van der Waals surface area contributed by atoms with Crippen molar-refractivity contribution >= 4 is 11.8 Å². The molecule has 2 saturated carbocycles. The number of rotatable bonds is 5. The van der Waals surface area contributed by atoms with Crippen molar-refractivity contribution in [3.05, 3.63) is 0 Å². The Kier molecular flexibility index (Phi) is 5.44. The van der Waals surface area contributed by atoms with Crippen LogP contribution in [0.4, 0.5) is 0 Å². The summed E-state index contributed by atoms with van der Waals surface area (Å²) in [6, 6.07) is 0. The van der Waals surface area contributed by atoms with E-state index in [1.165, 1.54) is 12.8 Å². The van der Waals surface area contributed by atoms with Gasteiger partial charge in [-0.15, -0.1) is 0 Å². The fraction of sp³-hybridized carbons (Fsp3) is 0.875. The lowest BCUT2D eigenvalue weighted by Gasteiger charge is -2.37.